The van der Waals surface area contributed by atoms with Crippen LogP contribution in [0.1, 0.15) is 0 Å². The second kappa shape index (κ2) is 8.89. The highest BCUT2D eigenvalue weighted by Gasteiger charge is 1.45. The lowest BCUT2D eigenvalue weighted by molar-refractivity contribution is 0.343. The summed E-state index contributed by atoms with van der Waals surface area (Å²) in [6.07, 6.45) is 1.43. The van der Waals surface area contributed by atoms with Crippen molar-refractivity contribution in [2.75, 3.05) is 6.61 Å². The van der Waals surface area contributed by atoms with Crippen molar-refractivity contribution in [3.05, 3.63) is 12.7 Å². The van der Waals surface area contributed by atoms with Gasteiger partial charge in [0.25, 0.3) is 0 Å². The zero-order valence-electron chi connectivity index (χ0n) is 2.85. The van der Waals surface area contributed by atoms with E-state index in [1.807, 2.05) is 0 Å². The maximum Gasteiger partial charge on any atom is 0.0609 e. The summed E-state index contributed by atoms with van der Waals surface area (Å²) in [5, 5.41) is 7.76. The van der Waals surface area contributed by atoms with Crippen LogP contribution in [0.4, 0.5) is 0 Å². The Kier molecular flexibility index (Phi) is 15.9. The third kappa shape index (κ3) is 14.3. The molecule has 0 atom stereocenters. The van der Waals surface area contributed by atoms with E-state index in [2.05, 4.69) is 6.58 Å². The van der Waals surface area contributed by atoms with Gasteiger partial charge in [0.2, 0.25) is 0 Å². The number of halogens is 1. The molecule has 0 fully saturated rings. The number of hydrogen-bond acceptors (Lipinski definition) is 1. The van der Waals surface area contributed by atoms with Gasteiger partial charge in [-0.1, -0.05) is 6.08 Å². The highest BCUT2D eigenvalue weighted by atomic mass is 79.9. The fourth-order valence-corrected chi connectivity index (χ4v) is 0. The maximum absolute atomic E-state index is 7.76. The van der Waals surface area contributed by atoms with Crippen molar-refractivity contribution in [3.63, 3.8) is 0 Å². The van der Waals surface area contributed by atoms with Crippen LogP contribution in [-0.4, -0.2) is 11.7 Å². The van der Waals surface area contributed by atoms with Crippen molar-refractivity contribution in [2.24, 2.45) is 0 Å². The monoisotopic (exact) mass is 138 g/mol. The van der Waals surface area contributed by atoms with Crippen LogP contribution in [0.25, 0.3) is 0 Å². The number of rotatable bonds is 1. The van der Waals surface area contributed by atoms with Gasteiger partial charge < -0.3 is 5.11 Å². The molecule has 0 bridgehead atoms. The second-order valence-electron chi connectivity index (χ2n) is 0.471. The smallest absolute Gasteiger partial charge is 0.0609 e. The van der Waals surface area contributed by atoms with Crippen LogP contribution >= 0.6 is 17.0 Å². The summed E-state index contributed by atoms with van der Waals surface area (Å²) in [7, 11) is 0. The average Bonchev–Trinajstić information content (AvgIpc) is 1.37. The lowest BCUT2D eigenvalue weighted by Crippen LogP contribution is -1.62. The molecule has 32 valence electrons. The molecule has 0 aliphatic rings. The summed E-state index contributed by atoms with van der Waals surface area (Å²) in [5.74, 6) is 0. The molecule has 0 saturated carbocycles. The number of hydrogen-bond donors (Lipinski definition) is 1. The Balaban J connectivity index is 0. The lowest BCUT2D eigenvalue weighted by atomic mass is 10.7. The van der Waals surface area contributed by atoms with Crippen LogP contribution in [0.5, 0.6) is 0 Å². The highest BCUT2D eigenvalue weighted by molar-refractivity contribution is 8.93. The molecule has 0 aliphatic carbocycles. The normalized spacial score (nSPS) is 5.00. The molecule has 0 aromatic carbocycles. The van der Waals surface area contributed by atoms with Gasteiger partial charge in [-0.2, -0.15) is 0 Å². The molecule has 5 heavy (non-hydrogen) atoms. The first-order valence-electron chi connectivity index (χ1n) is 1.13. The second-order valence-corrected chi connectivity index (χ2v) is 0.471. The molecular weight excluding hydrogens is 132 g/mol. The quantitative estimate of drug-likeness (QED) is 0.531. The topological polar surface area (TPSA) is 20.2 Å². The third-order valence-corrected chi connectivity index (χ3v) is 0.129. The van der Waals surface area contributed by atoms with Gasteiger partial charge in [0.1, 0.15) is 0 Å². The van der Waals surface area contributed by atoms with E-state index < -0.39 is 0 Å². The standard InChI is InChI=1S/C3H6O.BrH/c1-2-3-4;/h2,4H,1,3H2;1H. The number of aliphatic hydroxyl groups excluding tert-OH is 1. The van der Waals surface area contributed by atoms with Crippen molar-refractivity contribution < 1.29 is 5.11 Å². The van der Waals surface area contributed by atoms with E-state index >= 15 is 0 Å². The van der Waals surface area contributed by atoms with Crippen molar-refractivity contribution >= 4 is 17.0 Å². The Labute approximate surface area is 42.1 Å². The molecule has 0 aromatic heterocycles. The van der Waals surface area contributed by atoms with E-state index in [0.29, 0.717) is 0 Å². The van der Waals surface area contributed by atoms with E-state index in [9.17, 15) is 0 Å². The Hall–Kier alpha value is 0.180. The molecule has 0 unspecified atom stereocenters. The number of aliphatic hydroxyl groups is 1. The molecule has 0 aromatic rings. The van der Waals surface area contributed by atoms with E-state index in [1.165, 1.54) is 6.08 Å². The minimum Gasteiger partial charge on any atom is -0.392 e. The van der Waals surface area contributed by atoms with Gasteiger partial charge >= 0.3 is 0 Å². The molecule has 2 heteroatoms. The van der Waals surface area contributed by atoms with Crippen LogP contribution in [0.15, 0.2) is 12.7 Å². The molecule has 0 heterocycles. The molecule has 0 saturated heterocycles. The summed E-state index contributed by atoms with van der Waals surface area (Å²) in [6, 6.07) is 0. The van der Waals surface area contributed by atoms with Crippen molar-refractivity contribution in [1.82, 2.24) is 0 Å². The van der Waals surface area contributed by atoms with Crippen LogP contribution < -0.4 is 0 Å². The van der Waals surface area contributed by atoms with Gasteiger partial charge in [0, 0.05) is 0 Å². The van der Waals surface area contributed by atoms with Crippen molar-refractivity contribution in [3.8, 4) is 0 Å². The summed E-state index contributed by atoms with van der Waals surface area (Å²) in [6.45, 7) is 3.31. The molecule has 0 aliphatic heterocycles. The van der Waals surface area contributed by atoms with E-state index in [1.54, 1.807) is 0 Å². The van der Waals surface area contributed by atoms with E-state index in [0.717, 1.165) is 0 Å². The summed E-state index contributed by atoms with van der Waals surface area (Å²) in [5.41, 5.74) is 0. The fraction of sp³-hybridized carbons (Fsp3) is 0.333. The van der Waals surface area contributed by atoms with E-state index in [4.69, 9.17) is 5.11 Å². The Morgan fingerprint density at radius 2 is 2.00 bits per heavy atom. The zero-order valence-corrected chi connectivity index (χ0v) is 4.56. The largest absolute Gasteiger partial charge is 0.392 e. The summed E-state index contributed by atoms with van der Waals surface area (Å²) < 4.78 is 0. The van der Waals surface area contributed by atoms with E-state index in [-0.39, 0.29) is 23.6 Å². The highest BCUT2D eigenvalue weighted by Crippen LogP contribution is 1.46. The van der Waals surface area contributed by atoms with Crippen LogP contribution in [-0.2, 0) is 0 Å². The van der Waals surface area contributed by atoms with Crippen molar-refractivity contribution in [2.45, 2.75) is 0 Å². The summed E-state index contributed by atoms with van der Waals surface area (Å²) >= 11 is 0. The molecule has 0 radical (unpaired) electrons. The molecule has 1 nitrogen and oxygen atoms in total. The third-order valence-electron chi connectivity index (χ3n) is 0.129. The Bertz CT molecular complexity index is 20.9. The first-order valence-corrected chi connectivity index (χ1v) is 1.13. The van der Waals surface area contributed by atoms with Gasteiger partial charge in [-0.15, -0.1) is 23.6 Å². The van der Waals surface area contributed by atoms with Crippen LogP contribution in [0.2, 0.25) is 0 Å². The van der Waals surface area contributed by atoms with Gasteiger partial charge in [0.15, 0.2) is 0 Å². The fourth-order valence-electron chi connectivity index (χ4n) is 0. The predicted octanol–water partition coefficient (Wildman–Crippen LogP) is 0.743. The minimum absolute atomic E-state index is 0. The zero-order chi connectivity index (χ0) is 3.41. The average molecular weight is 139 g/mol. The first kappa shape index (κ1) is 8.95. The van der Waals surface area contributed by atoms with Gasteiger partial charge in [-0.3, -0.25) is 0 Å². The SMILES string of the molecule is Br.C=CCO. The van der Waals surface area contributed by atoms with Crippen LogP contribution in [0, 0.1) is 0 Å². The van der Waals surface area contributed by atoms with Gasteiger partial charge in [-0.05, 0) is 0 Å². The molecule has 0 amide bonds. The molecule has 1 N–H and O–H groups in total. The molecular formula is C3H7BrO. The van der Waals surface area contributed by atoms with Gasteiger partial charge in [0.05, 0.1) is 6.61 Å². The summed E-state index contributed by atoms with van der Waals surface area (Å²) in [4.78, 5) is 0. The van der Waals surface area contributed by atoms with Gasteiger partial charge in [-0.25, -0.2) is 0 Å². The molecule has 0 spiro atoms. The Morgan fingerprint density at radius 1 is 1.80 bits per heavy atom. The lowest BCUT2D eigenvalue weighted by Gasteiger charge is -1.60. The predicted molar refractivity (Wildman–Crippen MR) is 27.6 cm³/mol. The maximum atomic E-state index is 7.76. The Morgan fingerprint density at radius 3 is 2.00 bits per heavy atom. The molecule has 0 rings (SSSR count). The van der Waals surface area contributed by atoms with Crippen molar-refractivity contribution in [1.29, 1.82) is 0 Å². The van der Waals surface area contributed by atoms with Crippen LogP contribution in [0.3, 0.4) is 0 Å². The first-order chi connectivity index (χ1) is 1.91. The minimum atomic E-state index is 0.